The van der Waals surface area contributed by atoms with E-state index in [-0.39, 0.29) is 0 Å². The van der Waals surface area contributed by atoms with Gasteiger partial charge in [0.05, 0.1) is 0 Å². The summed E-state index contributed by atoms with van der Waals surface area (Å²) in [6, 6.07) is 0. The molecule has 8 atom stereocenters. The Morgan fingerprint density at radius 1 is 0.444 bits per heavy atom. The van der Waals surface area contributed by atoms with Crippen molar-refractivity contribution in [3.8, 4) is 0 Å². The van der Waals surface area contributed by atoms with Gasteiger partial charge in [0, 0.05) is 34.6 Å². The number of carbonyl (C=O) groups is 5. The predicted octanol–water partition coefficient (Wildman–Crippen LogP) is 3.80. The summed E-state index contributed by atoms with van der Waals surface area (Å²) in [5.41, 5.74) is 0. The minimum atomic E-state index is -2.85. The molecule has 0 amide bonds. The van der Waals surface area contributed by atoms with E-state index in [1.165, 1.54) is 0 Å². The van der Waals surface area contributed by atoms with Gasteiger partial charge in [-0.25, -0.2) is 0 Å². The van der Waals surface area contributed by atoms with Crippen LogP contribution in [0.4, 0.5) is 0 Å². The highest BCUT2D eigenvalue weighted by Gasteiger charge is 2.60. The number of carbonyl (C=O) groups excluding carboxylic acids is 5. The summed E-state index contributed by atoms with van der Waals surface area (Å²) in [7, 11) is -5.68. The highest BCUT2D eigenvalue weighted by molar-refractivity contribution is 6.74. The molecule has 0 heterocycles. The maximum absolute atomic E-state index is 12.7. The van der Waals surface area contributed by atoms with E-state index in [2.05, 4.69) is 0 Å². The Hall–Kier alpha value is -2.34. The Balaban J connectivity index is 4.40. The third-order valence-corrected chi connectivity index (χ3v) is 17.5. The summed E-state index contributed by atoms with van der Waals surface area (Å²) < 4.78 is 42.0. The first kappa shape index (κ1) is 40.7. The standard InChI is InChI=1S/C30H54O13Si2/c1-16(31)37-22-21(36)23(42-44(12,13)29(6,7)8)28(43-45(14,15)30(9,10)11)27(41-20(5)35)26(40-19(4)34)25(39-18(3)33)24(22)38-17(2)32/h21-28,36H,1-15H3/t21-,22-,23-,24-,25+,26+,27+,28+/m1/s1. The highest BCUT2D eigenvalue weighted by Crippen LogP contribution is 2.44. The lowest BCUT2D eigenvalue weighted by Gasteiger charge is -2.52. The molecule has 0 unspecified atom stereocenters. The second-order valence-electron chi connectivity index (χ2n) is 14.5. The summed E-state index contributed by atoms with van der Waals surface area (Å²) in [6.45, 7) is 25.1. The maximum Gasteiger partial charge on any atom is 0.303 e. The molecule has 1 rings (SSSR count). The van der Waals surface area contributed by atoms with Gasteiger partial charge in [0.2, 0.25) is 0 Å². The fourth-order valence-corrected chi connectivity index (χ4v) is 7.06. The molecular formula is C30H54O13Si2. The molecule has 0 aromatic heterocycles. The van der Waals surface area contributed by atoms with E-state index < -0.39 is 105 Å². The molecule has 1 aliphatic rings. The monoisotopic (exact) mass is 678 g/mol. The van der Waals surface area contributed by atoms with E-state index >= 15 is 0 Å². The van der Waals surface area contributed by atoms with Gasteiger partial charge in [-0.1, -0.05) is 41.5 Å². The van der Waals surface area contributed by atoms with Gasteiger partial charge in [0.1, 0.15) is 18.3 Å². The first-order valence-corrected chi connectivity index (χ1v) is 20.8. The minimum absolute atomic E-state index is 0.407. The van der Waals surface area contributed by atoms with Gasteiger partial charge < -0.3 is 37.6 Å². The Kier molecular flexibility index (Phi) is 13.6. The van der Waals surface area contributed by atoms with Crippen molar-refractivity contribution in [2.24, 2.45) is 0 Å². The second kappa shape index (κ2) is 15.0. The molecule has 45 heavy (non-hydrogen) atoms. The molecule has 0 aromatic rings. The molecule has 15 heteroatoms. The molecule has 1 N–H and O–H groups in total. The van der Waals surface area contributed by atoms with Crippen LogP contribution in [0.2, 0.25) is 36.3 Å². The highest BCUT2D eigenvalue weighted by atomic mass is 28.4. The number of aliphatic hydroxyl groups excluding tert-OH is 1. The van der Waals surface area contributed by atoms with Gasteiger partial charge in [0.25, 0.3) is 0 Å². The van der Waals surface area contributed by atoms with Crippen LogP contribution in [0.15, 0.2) is 0 Å². The van der Waals surface area contributed by atoms with Crippen molar-refractivity contribution in [1.82, 2.24) is 0 Å². The summed E-state index contributed by atoms with van der Waals surface area (Å²) in [5, 5.41) is 11.4. The largest absolute Gasteiger partial charge is 0.456 e. The van der Waals surface area contributed by atoms with Crippen LogP contribution in [-0.2, 0) is 56.5 Å². The Morgan fingerprint density at radius 2 is 0.667 bits per heavy atom. The second-order valence-corrected chi connectivity index (χ2v) is 24.1. The lowest BCUT2D eigenvalue weighted by atomic mass is 9.84. The molecule has 13 nitrogen and oxygen atoms in total. The fraction of sp³-hybridized carbons (Fsp3) is 0.833. The van der Waals surface area contributed by atoms with Gasteiger partial charge in [0.15, 0.2) is 47.2 Å². The molecule has 0 saturated heterocycles. The molecule has 260 valence electrons. The summed E-state index contributed by atoms with van der Waals surface area (Å²) in [4.78, 5) is 62.8. The van der Waals surface area contributed by atoms with Gasteiger partial charge in [-0.2, -0.15) is 0 Å². The van der Waals surface area contributed by atoms with Crippen molar-refractivity contribution >= 4 is 46.5 Å². The third kappa shape index (κ3) is 10.9. The normalized spacial score (nSPS) is 28.2. The number of rotatable bonds is 9. The van der Waals surface area contributed by atoms with E-state index in [4.69, 9.17) is 32.5 Å². The van der Waals surface area contributed by atoms with Crippen LogP contribution in [0.25, 0.3) is 0 Å². The molecule has 1 fully saturated rings. The average Bonchev–Trinajstić information content (AvgIpc) is 2.81. The van der Waals surface area contributed by atoms with E-state index in [1.807, 2.05) is 67.7 Å². The van der Waals surface area contributed by atoms with Gasteiger partial charge in [-0.3, -0.25) is 24.0 Å². The fourth-order valence-electron chi connectivity index (χ4n) is 4.45. The van der Waals surface area contributed by atoms with Crippen LogP contribution in [0, 0.1) is 0 Å². The number of hydrogen-bond acceptors (Lipinski definition) is 13. The molecule has 0 radical (unpaired) electrons. The molecular weight excluding hydrogens is 624 g/mol. The molecule has 0 spiro atoms. The van der Waals surface area contributed by atoms with Crippen LogP contribution in [-0.4, -0.2) is 100 Å². The molecule has 0 aromatic carbocycles. The van der Waals surface area contributed by atoms with Crippen molar-refractivity contribution < 1.29 is 61.6 Å². The SMILES string of the molecule is CC(=O)O[C@H]1[C@@H](OC(C)=O)[C@H](OC(C)=O)[C@H](OC(C)=O)[C@@H](O)[C@@H](O[Si](C)(C)C(C)(C)C)[C@H](O[Si](C)(C)C(C)(C)C)[C@H]1OC(C)=O. The Morgan fingerprint density at radius 3 is 0.933 bits per heavy atom. The molecule has 1 saturated carbocycles. The zero-order valence-electron chi connectivity index (χ0n) is 29.5. The van der Waals surface area contributed by atoms with Crippen LogP contribution < -0.4 is 0 Å². The number of ether oxygens (including phenoxy) is 5. The Bertz CT molecular complexity index is 1090. The van der Waals surface area contributed by atoms with Crippen LogP contribution in [0.3, 0.4) is 0 Å². The summed E-state index contributed by atoms with van der Waals surface area (Å²) in [6.07, 6.45) is -12.9. The topological polar surface area (TPSA) is 170 Å². The smallest absolute Gasteiger partial charge is 0.303 e. The average molecular weight is 679 g/mol. The predicted molar refractivity (Wildman–Crippen MR) is 168 cm³/mol. The van der Waals surface area contributed by atoms with E-state index in [9.17, 15) is 29.1 Å². The van der Waals surface area contributed by atoms with Crippen LogP contribution in [0.1, 0.15) is 76.2 Å². The van der Waals surface area contributed by atoms with E-state index in [0.717, 1.165) is 34.6 Å². The van der Waals surface area contributed by atoms with Crippen molar-refractivity contribution in [2.45, 2.75) is 161 Å². The molecule has 1 aliphatic carbocycles. The first-order chi connectivity index (χ1) is 20.1. The van der Waals surface area contributed by atoms with Crippen LogP contribution in [0.5, 0.6) is 0 Å². The molecule has 0 aliphatic heterocycles. The van der Waals surface area contributed by atoms with Crippen LogP contribution >= 0.6 is 0 Å². The zero-order valence-corrected chi connectivity index (χ0v) is 31.5. The maximum atomic E-state index is 12.7. The zero-order chi connectivity index (χ0) is 35.5. The number of esters is 5. The lowest BCUT2D eigenvalue weighted by molar-refractivity contribution is -0.247. The van der Waals surface area contributed by atoms with Crippen molar-refractivity contribution in [1.29, 1.82) is 0 Å². The van der Waals surface area contributed by atoms with Gasteiger partial charge >= 0.3 is 29.8 Å². The third-order valence-electron chi connectivity index (χ3n) is 8.60. The number of hydrogen-bond donors (Lipinski definition) is 1. The summed E-state index contributed by atoms with van der Waals surface area (Å²) >= 11 is 0. The minimum Gasteiger partial charge on any atom is -0.456 e. The van der Waals surface area contributed by atoms with Crippen molar-refractivity contribution in [2.75, 3.05) is 0 Å². The summed E-state index contributed by atoms with van der Waals surface area (Å²) in [5.74, 6) is -4.28. The van der Waals surface area contributed by atoms with Gasteiger partial charge in [-0.05, 0) is 36.3 Å². The van der Waals surface area contributed by atoms with Gasteiger partial charge in [-0.15, -0.1) is 0 Å². The van der Waals surface area contributed by atoms with Crippen molar-refractivity contribution in [3.63, 3.8) is 0 Å². The lowest BCUT2D eigenvalue weighted by Crippen LogP contribution is -2.70. The quantitative estimate of drug-likeness (QED) is 0.212. The number of aliphatic hydroxyl groups is 1. The Labute approximate surface area is 269 Å². The van der Waals surface area contributed by atoms with E-state index in [0.29, 0.717) is 0 Å². The molecule has 0 bridgehead atoms. The van der Waals surface area contributed by atoms with E-state index in [1.54, 1.807) is 0 Å². The first-order valence-electron chi connectivity index (χ1n) is 15.0. The van der Waals surface area contributed by atoms with Crippen molar-refractivity contribution in [3.05, 3.63) is 0 Å².